The summed E-state index contributed by atoms with van der Waals surface area (Å²) in [6.45, 7) is 7.88. The molecule has 218 valence electrons. The highest BCUT2D eigenvalue weighted by atomic mass is 16.3. The number of aliphatic hydroxyl groups is 1. The normalized spacial score (nSPS) is 27.1. The lowest BCUT2D eigenvalue weighted by atomic mass is 9.74. The molecule has 0 amide bonds. The van der Waals surface area contributed by atoms with Crippen LogP contribution in [-0.4, -0.2) is 59.2 Å². The molecule has 0 spiro atoms. The fourth-order valence-corrected chi connectivity index (χ4v) is 7.61. The molecule has 1 aromatic carbocycles. The van der Waals surface area contributed by atoms with E-state index in [9.17, 15) is 5.11 Å². The average Bonchev–Trinajstić information content (AvgIpc) is 3.57. The molecule has 3 aliphatic carbocycles. The summed E-state index contributed by atoms with van der Waals surface area (Å²) in [7, 11) is 0. The third-order valence-corrected chi connectivity index (χ3v) is 10.4. The fourth-order valence-electron chi connectivity index (χ4n) is 7.61. The molecule has 4 N–H and O–H groups in total. The van der Waals surface area contributed by atoms with Gasteiger partial charge < -0.3 is 20.4 Å². The minimum atomic E-state index is -0.354. The number of nitrogens with two attached hydrogens (primary N) is 1. The van der Waals surface area contributed by atoms with E-state index >= 15 is 0 Å². The molecule has 7 rings (SSSR count). The van der Waals surface area contributed by atoms with Crippen LogP contribution in [-0.2, 0) is 11.8 Å². The quantitative estimate of drug-likeness (QED) is 0.255. The first kappa shape index (κ1) is 26.9. The molecular formula is C33H45N7O. The number of benzene rings is 1. The Labute approximate surface area is 242 Å². The van der Waals surface area contributed by atoms with Crippen LogP contribution >= 0.6 is 0 Å². The van der Waals surface area contributed by atoms with Crippen molar-refractivity contribution in [2.75, 3.05) is 12.3 Å². The van der Waals surface area contributed by atoms with Crippen LogP contribution < -0.4 is 5.73 Å². The van der Waals surface area contributed by atoms with E-state index in [-0.39, 0.29) is 17.6 Å². The van der Waals surface area contributed by atoms with Crippen molar-refractivity contribution in [1.29, 1.82) is 0 Å². The van der Waals surface area contributed by atoms with Gasteiger partial charge in [0.25, 0.3) is 0 Å². The Morgan fingerprint density at radius 2 is 1.88 bits per heavy atom. The summed E-state index contributed by atoms with van der Waals surface area (Å²) in [6, 6.07) is 10.1. The smallest absolute Gasteiger partial charge is 0.145 e. The van der Waals surface area contributed by atoms with Crippen LogP contribution in [0.4, 0.5) is 5.82 Å². The van der Waals surface area contributed by atoms with E-state index in [1.54, 1.807) is 0 Å². The minimum Gasteiger partial charge on any atom is -0.391 e. The Morgan fingerprint density at radius 3 is 2.63 bits per heavy atom. The van der Waals surface area contributed by atoms with E-state index in [0.717, 1.165) is 65.7 Å². The highest BCUT2D eigenvalue weighted by Gasteiger charge is 2.42. The highest BCUT2D eigenvalue weighted by molar-refractivity contribution is 5.86. The summed E-state index contributed by atoms with van der Waals surface area (Å²) in [5.41, 5.74) is 10.6. The predicted molar refractivity (Wildman–Crippen MR) is 164 cm³/mol. The van der Waals surface area contributed by atoms with Crippen LogP contribution in [0.15, 0.2) is 36.8 Å². The average molecular weight is 556 g/mol. The van der Waals surface area contributed by atoms with Crippen molar-refractivity contribution in [3.63, 3.8) is 0 Å². The first-order valence-corrected chi connectivity index (χ1v) is 15.7. The lowest BCUT2D eigenvalue weighted by Gasteiger charge is -2.50. The monoisotopic (exact) mass is 555 g/mol. The van der Waals surface area contributed by atoms with Crippen molar-refractivity contribution < 1.29 is 5.11 Å². The number of nitrogens with one attached hydrogen (secondary N) is 1. The lowest BCUT2D eigenvalue weighted by Crippen LogP contribution is -2.53. The number of anilines is 1. The molecule has 3 saturated carbocycles. The largest absolute Gasteiger partial charge is 0.391 e. The van der Waals surface area contributed by atoms with Gasteiger partial charge >= 0.3 is 0 Å². The lowest BCUT2D eigenvalue weighted by molar-refractivity contribution is -0.00196. The van der Waals surface area contributed by atoms with Gasteiger partial charge in [-0.15, -0.1) is 0 Å². The maximum Gasteiger partial charge on any atom is 0.145 e. The number of aromatic nitrogens is 5. The number of hydrogen-bond donors (Lipinski definition) is 3. The van der Waals surface area contributed by atoms with Gasteiger partial charge in [0, 0.05) is 31.2 Å². The highest BCUT2D eigenvalue weighted by Crippen LogP contribution is 2.43. The Morgan fingerprint density at radius 1 is 1.05 bits per heavy atom. The molecule has 3 fully saturated rings. The van der Waals surface area contributed by atoms with Gasteiger partial charge in [-0.1, -0.05) is 33.3 Å². The first-order chi connectivity index (χ1) is 19.7. The predicted octanol–water partition coefficient (Wildman–Crippen LogP) is 5.77. The Bertz CT molecular complexity index is 1520. The number of aliphatic hydroxyl groups excluding tert-OH is 1. The van der Waals surface area contributed by atoms with Crippen molar-refractivity contribution in [3.8, 4) is 0 Å². The third-order valence-electron chi connectivity index (χ3n) is 10.4. The number of nitrogen functional groups attached to an aromatic ring is 1. The number of hydrogen-bond acceptors (Lipinski definition) is 6. The van der Waals surface area contributed by atoms with E-state index in [1.807, 2.05) is 12.3 Å². The molecule has 41 heavy (non-hydrogen) atoms. The number of nitrogens with zero attached hydrogens (tertiary/aromatic N) is 5. The van der Waals surface area contributed by atoms with E-state index in [1.165, 1.54) is 50.4 Å². The molecule has 0 saturated heterocycles. The second-order valence-corrected chi connectivity index (χ2v) is 14.2. The van der Waals surface area contributed by atoms with Gasteiger partial charge in [-0.2, -0.15) is 0 Å². The first-order valence-electron chi connectivity index (χ1n) is 15.7. The van der Waals surface area contributed by atoms with Crippen LogP contribution in [0.2, 0.25) is 0 Å². The Hall–Kier alpha value is -2.97. The molecule has 3 aromatic heterocycles. The van der Waals surface area contributed by atoms with Crippen molar-refractivity contribution in [1.82, 2.24) is 29.4 Å². The zero-order chi connectivity index (χ0) is 28.3. The number of aryl methyl sites for hydroxylation is 1. The van der Waals surface area contributed by atoms with Crippen molar-refractivity contribution in [2.45, 2.75) is 108 Å². The Kier molecular flexibility index (Phi) is 6.81. The third kappa shape index (κ3) is 5.14. The zero-order valence-corrected chi connectivity index (χ0v) is 24.8. The fraction of sp³-hybridized carbons (Fsp3) is 0.606. The number of fused-ring (bicyclic) bond motifs is 2. The second-order valence-electron chi connectivity index (χ2n) is 14.2. The summed E-state index contributed by atoms with van der Waals surface area (Å²) < 4.78 is 2.13. The van der Waals surface area contributed by atoms with Crippen LogP contribution in [0.25, 0.3) is 22.1 Å². The molecule has 8 heteroatoms. The van der Waals surface area contributed by atoms with E-state index < -0.39 is 0 Å². The van der Waals surface area contributed by atoms with Gasteiger partial charge in [-0.05, 0) is 86.0 Å². The SMILES string of the molecule is CC(C)(C)c1ccc2nc(CCC3CC(N(C[C@@H]4C[C@@H](O)[C@H](n5ccc6c(N)ncnc65)C4)C4CCC4)C3)[nH]c2c1. The van der Waals surface area contributed by atoms with Crippen LogP contribution in [0.3, 0.4) is 0 Å². The standard InChI is InChI=1S/C33H45N7O/c1-33(2,3)22-8-9-26-27(17-22)38-30(37-26)10-7-20-13-24(14-20)40(23-5-4-6-23)18-21-15-28(29(41)16-21)39-12-11-25-31(34)35-19-36-32(25)39/h8-9,11-12,17,19-21,23-24,28-29,41H,4-7,10,13-16,18H2,1-3H3,(H,37,38)(H2,34,35,36)/t20?,21-,24?,28+,29+/m0/s1. The summed E-state index contributed by atoms with van der Waals surface area (Å²) in [5, 5.41) is 12.0. The van der Waals surface area contributed by atoms with Crippen molar-refractivity contribution >= 4 is 27.9 Å². The number of imidazole rings is 1. The van der Waals surface area contributed by atoms with Crippen molar-refractivity contribution in [3.05, 3.63) is 48.2 Å². The van der Waals surface area contributed by atoms with Gasteiger partial charge in [0.15, 0.2) is 0 Å². The number of aromatic amines is 1. The van der Waals surface area contributed by atoms with Gasteiger partial charge in [0.1, 0.15) is 23.6 Å². The maximum absolute atomic E-state index is 11.1. The molecule has 0 aliphatic heterocycles. The molecule has 4 aromatic rings. The molecule has 8 nitrogen and oxygen atoms in total. The maximum atomic E-state index is 11.1. The van der Waals surface area contributed by atoms with Crippen LogP contribution in [0, 0.1) is 11.8 Å². The molecule has 3 heterocycles. The molecular weight excluding hydrogens is 510 g/mol. The van der Waals surface area contributed by atoms with Gasteiger partial charge in [0.05, 0.1) is 28.6 Å². The number of rotatable bonds is 8. The van der Waals surface area contributed by atoms with E-state index in [2.05, 4.69) is 63.4 Å². The summed E-state index contributed by atoms with van der Waals surface area (Å²) >= 11 is 0. The molecule has 0 unspecified atom stereocenters. The minimum absolute atomic E-state index is 0.0486. The summed E-state index contributed by atoms with van der Waals surface area (Å²) in [5.74, 6) is 2.91. The van der Waals surface area contributed by atoms with Gasteiger partial charge in [-0.25, -0.2) is 15.0 Å². The Balaban J connectivity index is 0.958. The van der Waals surface area contributed by atoms with Crippen LogP contribution in [0.5, 0.6) is 0 Å². The van der Waals surface area contributed by atoms with Gasteiger partial charge in [-0.3, -0.25) is 4.90 Å². The van der Waals surface area contributed by atoms with Crippen LogP contribution in [0.1, 0.15) is 89.6 Å². The van der Waals surface area contributed by atoms with Gasteiger partial charge in [0.2, 0.25) is 0 Å². The molecule has 3 aliphatic rings. The number of H-pyrrole nitrogens is 1. The topological polar surface area (TPSA) is 109 Å². The zero-order valence-electron chi connectivity index (χ0n) is 24.8. The molecule has 0 radical (unpaired) electrons. The van der Waals surface area contributed by atoms with E-state index in [4.69, 9.17) is 10.7 Å². The summed E-state index contributed by atoms with van der Waals surface area (Å²) in [4.78, 5) is 19.9. The molecule has 0 bridgehead atoms. The van der Waals surface area contributed by atoms with Crippen molar-refractivity contribution in [2.24, 2.45) is 11.8 Å². The molecule has 3 atom stereocenters. The summed E-state index contributed by atoms with van der Waals surface area (Å²) in [6.07, 6.45) is 13.9. The second kappa shape index (κ2) is 10.4. The van der Waals surface area contributed by atoms with E-state index in [0.29, 0.717) is 17.8 Å².